The van der Waals surface area contributed by atoms with Gasteiger partial charge < -0.3 is 15.4 Å². The predicted molar refractivity (Wildman–Crippen MR) is 90.8 cm³/mol. The molecule has 0 spiro atoms. The van der Waals surface area contributed by atoms with E-state index < -0.39 is 44.6 Å². The number of nitrogens with one attached hydrogen (secondary N) is 2. The maximum Gasteiger partial charge on any atom is 0.309 e. The van der Waals surface area contributed by atoms with Crippen LogP contribution in [0.3, 0.4) is 0 Å². The molecule has 0 bridgehead atoms. The van der Waals surface area contributed by atoms with Crippen LogP contribution in [0.5, 0.6) is 0 Å². The molecule has 11 heteroatoms. The Morgan fingerprint density at radius 2 is 1.93 bits per heavy atom. The van der Waals surface area contributed by atoms with Crippen molar-refractivity contribution in [3.05, 3.63) is 29.8 Å². The summed E-state index contributed by atoms with van der Waals surface area (Å²) in [6.45, 7) is 3.63. The minimum atomic E-state index is -4.39. The lowest BCUT2D eigenvalue weighted by molar-refractivity contribution is -0.139. The number of carbonyl (C=O) groups excluding carboxylic acids is 2. The van der Waals surface area contributed by atoms with Crippen LogP contribution in [0.1, 0.15) is 13.8 Å². The van der Waals surface area contributed by atoms with Gasteiger partial charge in [0.2, 0.25) is 10.0 Å². The van der Waals surface area contributed by atoms with E-state index in [-0.39, 0.29) is 25.6 Å². The highest BCUT2D eigenvalue weighted by atomic mass is 32.2. The molecule has 1 atom stereocenters. The number of hydrogen-bond donors (Lipinski definition) is 2. The van der Waals surface area contributed by atoms with Gasteiger partial charge in [-0.1, -0.05) is 13.8 Å². The number of sulfonamides is 1. The fourth-order valence-corrected chi connectivity index (χ4v) is 3.97. The summed E-state index contributed by atoms with van der Waals surface area (Å²) in [6.07, 6.45) is -1.14. The molecule has 1 fully saturated rings. The first-order valence-corrected chi connectivity index (χ1v) is 9.71. The molecule has 2 amide bonds. The largest absolute Gasteiger partial charge is 0.359 e. The molecular weight excluding hydrogens is 384 g/mol. The van der Waals surface area contributed by atoms with Crippen molar-refractivity contribution in [2.24, 2.45) is 5.92 Å². The summed E-state index contributed by atoms with van der Waals surface area (Å²) in [5.74, 6) is -3.64. The molecule has 1 aliphatic heterocycles. The Balaban J connectivity index is 2.05. The quantitative estimate of drug-likeness (QED) is 0.658. The summed E-state index contributed by atoms with van der Waals surface area (Å²) >= 11 is 0. The van der Waals surface area contributed by atoms with E-state index in [0.29, 0.717) is 12.6 Å². The number of amides is 2. The van der Waals surface area contributed by atoms with Crippen LogP contribution in [0.2, 0.25) is 0 Å². The summed E-state index contributed by atoms with van der Waals surface area (Å²) in [7, 11) is -4.39. The van der Waals surface area contributed by atoms with E-state index in [1.807, 2.05) is 13.8 Å². The van der Waals surface area contributed by atoms with E-state index in [0.717, 1.165) is 16.4 Å². The van der Waals surface area contributed by atoms with Crippen LogP contribution in [-0.2, 0) is 24.3 Å². The van der Waals surface area contributed by atoms with Crippen LogP contribution in [-0.4, -0.2) is 57.0 Å². The molecular formula is C16H21F2N3O5S. The van der Waals surface area contributed by atoms with Gasteiger partial charge in [-0.15, -0.1) is 0 Å². The fourth-order valence-electron chi connectivity index (χ4n) is 2.38. The highest BCUT2D eigenvalue weighted by molar-refractivity contribution is 7.89. The minimum Gasteiger partial charge on any atom is -0.359 e. The van der Waals surface area contributed by atoms with Gasteiger partial charge in [-0.05, 0) is 24.1 Å². The molecule has 1 aliphatic rings. The van der Waals surface area contributed by atoms with Gasteiger partial charge in [0.25, 0.3) is 0 Å². The SMILES string of the molecule is CC(C)CNC(=O)C(=O)NC[C@@H]1OCCN1S(=O)(=O)c1cc(F)ccc1F. The van der Waals surface area contributed by atoms with Gasteiger partial charge in [-0.25, -0.2) is 17.2 Å². The maximum atomic E-state index is 13.9. The fraction of sp³-hybridized carbons (Fsp3) is 0.500. The highest BCUT2D eigenvalue weighted by Gasteiger charge is 2.38. The Morgan fingerprint density at radius 3 is 2.59 bits per heavy atom. The Bertz CT molecular complexity index is 816. The van der Waals surface area contributed by atoms with Gasteiger partial charge >= 0.3 is 11.8 Å². The zero-order chi connectivity index (χ0) is 20.2. The van der Waals surface area contributed by atoms with E-state index in [1.165, 1.54) is 0 Å². The number of carbonyl (C=O) groups is 2. The first kappa shape index (κ1) is 21.2. The second-order valence-corrected chi connectivity index (χ2v) is 8.19. The van der Waals surface area contributed by atoms with Crippen molar-refractivity contribution >= 4 is 21.8 Å². The number of ether oxygens (including phenoxy) is 1. The van der Waals surface area contributed by atoms with Crippen LogP contribution in [0.4, 0.5) is 8.78 Å². The minimum absolute atomic E-state index is 0.0102. The van der Waals surface area contributed by atoms with E-state index in [2.05, 4.69) is 10.6 Å². The van der Waals surface area contributed by atoms with Gasteiger partial charge in [-0.3, -0.25) is 9.59 Å². The van der Waals surface area contributed by atoms with Crippen LogP contribution in [0, 0.1) is 17.6 Å². The molecule has 2 N–H and O–H groups in total. The molecule has 0 saturated carbocycles. The lowest BCUT2D eigenvalue weighted by Gasteiger charge is -2.23. The van der Waals surface area contributed by atoms with Gasteiger partial charge in [0.15, 0.2) is 0 Å². The van der Waals surface area contributed by atoms with Crippen LogP contribution in [0.25, 0.3) is 0 Å². The first-order chi connectivity index (χ1) is 12.6. The van der Waals surface area contributed by atoms with Crippen molar-refractivity contribution in [3.8, 4) is 0 Å². The molecule has 2 rings (SSSR count). The predicted octanol–water partition coefficient (Wildman–Crippen LogP) is 0.200. The van der Waals surface area contributed by atoms with Crippen molar-refractivity contribution in [1.82, 2.24) is 14.9 Å². The smallest absolute Gasteiger partial charge is 0.309 e. The molecule has 150 valence electrons. The highest BCUT2D eigenvalue weighted by Crippen LogP contribution is 2.24. The molecule has 0 aliphatic carbocycles. The lowest BCUT2D eigenvalue weighted by Crippen LogP contribution is -2.47. The molecule has 1 aromatic carbocycles. The molecule has 1 aromatic rings. The standard InChI is InChI=1S/C16H21F2N3O5S/c1-10(2)8-19-15(22)16(23)20-9-14-21(5-6-26-14)27(24,25)13-7-11(17)3-4-12(13)18/h3-4,7,10,14H,5-6,8-9H2,1-2H3,(H,19,22)(H,20,23)/t14-/m0/s1. The normalized spacial score (nSPS) is 17.9. The van der Waals surface area contributed by atoms with E-state index in [1.54, 1.807) is 0 Å². The van der Waals surface area contributed by atoms with Crippen molar-refractivity contribution in [1.29, 1.82) is 0 Å². The molecule has 0 unspecified atom stereocenters. The van der Waals surface area contributed by atoms with Crippen LogP contribution < -0.4 is 10.6 Å². The van der Waals surface area contributed by atoms with Gasteiger partial charge in [0, 0.05) is 13.1 Å². The summed E-state index contributed by atoms with van der Waals surface area (Å²) in [5.41, 5.74) is 0. The topological polar surface area (TPSA) is 105 Å². The average molecular weight is 405 g/mol. The van der Waals surface area contributed by atoms with Gasteiger partial charge in [-0.2, -0.15) is 4.31 Å². The van der Waals surface area contributed by atoms with E-state index in [9.17, 15) is 26.8 Å². The Labute approximate surface area is 155 Å². The Morgan fingerprint density at radius 1 is 1.26 bits per heavy atom. The van der Waals surface area contributed by atoms with E-state index in [4.69, 9.17) is 4.74 Å². The zero-order valence-electron chi connectivity index (χ0n) is 14.9. The third kappa shape index (κ3) is 5.21. The van der Waals surface area contributed by atoms with Crippen LogP contribution in [0.15, 0.2) is 23.1 Å². The number of nitrogens with zero attached hydrogens (tertiary/aromatic N) is 1. The number of benzene rings is 1. The maximum absolute atomic E-state index is 13.9. The molecule has 27 heavy (non-hydrogen) atoms. The Hall–Kier alpha value is -2.11. The van der Waals surface area contributed by atoms with Gasteiger partial charge in [0.05, 0.1) is 13.2 Å². The van der Waals surface area contributed by atoms with Crippen LogP contribution >= 0.6 is 0 Å². The van der Waals surface area contributed by atoms with Crippen molar-refractivity contribution in [2.45, 2.75) is 25.0 Å². The summed E-state index contributed by atoms with van der Waals surface area (Å²) in [6, 6.07) is 2.11. The summed E-state index contributed by atoms with van der Waals surface area (Å²) < 4.78 is 58.5. The second-order valence-electron chi connectivity index (χ2n) is 6.33. The first-order valence-electron chi connectivity index (χ1n) is 8.27. The molecule has 0 aromatic heterocycles. The average Bonchev–Trinajstić information content (AvgIpc) is 3.08. The molecule has 1 saturated heterocycles. The summed E-state index contributed by atoms with van der Waals surface area (Å²) in [4.78, 5) is 22.6. The van der Waals surface area contributed by atoms with Crippen molar-refractivity contribution < 1.29 is 31.5 Å². The number of rotatable bonds is 6. The number of halogens is 2. The zero-order valence-corrected chi connectivity index (χ0v) is 15.7. The van der Waals surface area contributed by atoms with Gasteiger partial charge in [0.1, 0.15) is 22.8 Å². The third-order valence-corrected chi connectivity index (χ3v) is 5.64. The molecule has 0 radical (unpaired) electrons. The lowest BCUT2D eigenvalue weighted by atomic mass is 10.2. The van der Waals surface area contributed by atoms with E-state index >= 15 is 0 Å². The van der Waals surface area contributed by atoms with Crippen molar-refractivity contribution in [2.75, 3.05) is 26.2 Å². The monoisotopic (exact) mass is 405 g/mol. The number of hydrogen-bond acceptors (Lipinski definition) is 5. The Kier molecular flexibility index (Phi) is 6.84. The van der Waals surface area contributed by atoms with Crippen molar-refractivity contribution in [3.63, 3.8) is 0 Å². The molecule has 1 heterocycles. The molecule has 8 nitrogen and oxygen atoms in total. The second kappa shape index (κ2) is 8.72. The summed E-state index contributed by atoms with van der Waals surface area (Å²) in [5, 5.41) is 4.70. The third-order valence-electron chi connectivity index (χ3n) is 3.74.